The summed E-state index contributed by atoms with van der Waals surface area (Å²) in [6, 6.07) is 0. The van der Waals surface area contributed by atoms with E-state index in [2.05, 4.69) is 33.9 Å². The summed E-state index contributed by atoms with van der Waals surface area (Å²) in [5, 5.41) is 10.3. The van der Waals surface area contributed by atoms with E-state index < -0.39 is 26.6 Å². The molecule has 0 aliphatic carbocycles. The Bertz CT molecular complexity index is 331. The lowest BCUT2D eigenvalue weighted by atomic mass is 9.86. The van der Waals surface area contributed by atoms with Crippen LogP contribution < -0.4 is 5.73 Å². The Hall–Kier alpha value is -0.593. The first-order valence-corrected chi connectivity index (χ1v) is 9.87. The number of primary amides is 1. The van der Waals surface area contributed by atoms with E-state index in [1.807, 2.05) is 20.8 Å². The van der Waals surface area contributed by atoms with Gasteiger partial charge in [0.25, 0.3) is 0 Å². The van der Waals surface area contributed by atoms with Gasteiger partial charge in [0.05, 0.1) is 6.10 Å². The van der Waals surface area contributed by atoms with E-state index in [1.165, 1.54) is 0 Å². The molecule has 6 heteroatoms. The number of rotatable bonds is 5. The second kappa shape index (κ2) is 6.45. The maximum absolute atomic E-state index is 10.7. The zero-order valence-electron chi connectivity index (χ0n) is 14.1. The molecule has 0 fully saturated rings. The molecule has 1 unspecified atom stereocenters. The molecule has 0 radical (unpaired) electrons. The van der Waals surface area contributed by atoms with Crippen LogP contribution in [0.4, 0.5) is 4.79 Å². The largest absolute Gasteiger partial charge is 0.447 e. The minimum Gasteiger partial charge on any atom is -0.447 e. The predicted octanol–water partition coefficient (Wildman–Crippen LogP) is 2.88. The highest BCUT2D eigenvalue weighted by Gasteiger charge is 2.44. The molecule has 20 heavy (non-hydrogen) atoms. The molecular formula is C14H31NO4Si. The summed E-state index contributed by atoms with van der Waals surface area (Å²) in [7, 11) is -2.03. The number of nitrogens with two attached hydrogens (primary N) is 1. The Kier molecular flexibility index (Phi) is 6.26. The van der Waals surface area contributed by atoms with Crippen LogP contribution in [0.5, 0.6) is 0 Å². The lowest BCUT2D eigenvalue weighted by Crippen LogP contribution is -2.52. The van der Waals surface area contributed by atoms with Gasteiger partial charge < -0.3 is 20.0 Å². The van der Waals surface area contributed by atoms with Gasteiger partial charge in [0.2, 0.25) is 0 Å². The molecule has 0 aromatic carbocycles. The number of ether oxygens (including phenoxy) is 1. The molecule has 0 rings (SSSR count). The molecule has 2 atom stereocenters. The molecule has 120 valence electrons. The van der Waals surface area contributed by atoms with Gasteiger partial charge in [-0.3, -0.25) is 0 Å². The van der Waals surface area contributed by atoms with Crippen molar-refractivity contribution in [1.82, 2.24) is 0 Å². The molecule has 0 aliphatic rings. The fourth-order valence-corrected chi connectivity index (χ4v) is 3.08. The highest BCUT2D eigenvalue weighted by molar-refractivity contribution is 6.74. The number of hydrogen-bond donors (Lipinski definition) is 2. The summed E-state index contributed by atoms with van der Waals surface area (Å²) in [5.41, 5.74) is 4.67. The van der Waals surface area contributed by atoms with Crippen LogP contribution in [0.15, 0.2) is 0 Å². The minimum atomic E-state index is -2.03. The van der Waals surface area contributed by atoms with E-state index in [-0.39, 0.29) is 17.1 Å². The summed E-state index contributed by atoms with van der Waals surface area (Å²) >= 11 is 0. The molecule has 0 saturated carbocycles. The zero-order valence-corrected chi connectivity index (χ0v) is 15.1. The molecule has 1 amide bonds. The Balaban J connectivity index is 5.05. The second-order valence-electron chi connectivity index (χ2n) is 7.86. The molecule has 0 spiro atoms. The summed E-state index contributed by atoms with van der Waals surface area (Å²) in [6.45, 7) is 16.5. The van der Waals surface area contributed by atoms with Gasteiger partial charge in [0.1, 0.15) is 12.7 Å². The van der Waals surface area contributed by atoms with Crippen LogP contribution in [0.2, 0.25) is 18.1 Å². The average Bonchev–Trinajstić information content (AvgIpc) is 2.19. The van der Waals surface area contributed by atoms with Gasteiger partial charge in [-0.1, -0.05) is 41.5 Å². The lowest BCUT2D eigenvalue weighted by molar-refractivity contribution is -0.0591. The first kappa shape index (κ1) is 19.4. The summed E-state index contributed by atoms with van der Waals surface area (Å²) in [4.78, 5) is 10.7. The summed E-state index contributed by atoms with van der Waals surface area (Å²) < 4.78 is 11.0. The molecule has 0 saturated heterocycles. The molecule has 0 aromatic rings. The summed E-state index contributed by atoms with van der Waals surface area (Å²) in [5.74, 6) is 0. The highest BCUT2D eigenvalue weighted by Crippen LogP contribution is 2.40. The van der Waals surface area contributed by atoms with Crippen molar-refractivity contribution in [2.45, 2.75) is 71.9 Å². The Morgan fingerprint density at radius 1 is 1.20 bits per heavy atom. The van der Waals surface area contributed by atoms with Crippen molar-refractivity contribution in [1.29, 1.82) is 0 Å². The number of carbonyl (C=O) groups is 1. The van der Waals surface area contributed by atoms with Crippen LogP contribution in [0, 0.1) is 5.41 Å². The molecule has 5 nitrogen and oxygen atoms in total. The van der Waals surface area contributed by atoms with Crippen LogP contribution in [0.1, 0.15) is 41.5 Å². The first-order chi connectivity index (χ1) is 8.68. The molecule has 0 heterocycles. The fraction of sp³-hybridized carbons (Fsp3) is 0.929. The van der Waals surface area contributed by atoms with Gasteiger partial charge in [-0.15, -0.1) is 0 Å². The normalized spacial score (nSPS) is 16.6. The number of carbonyl (C=O) groups excluding carboxylic acids is 1. The van der Waals surface area contributed by atoms with E-state index in [0.717, 1.165) is 0 Å². The first-order valence-electron chi connectivity index (χ1n) is 6.96. The number of hydrogen-bond acceptors (Lipinski definition) is 4. The molecule has 0 aliphatic heterocycles. The lowest BCUT2D eigenvalue weighted by Gasteiger charge is -2.44. The van der Waals surface area contributed by atoms with Gasteiger partial charge in [-0.25, -0.2) is 4.79 Å². The quantitative estimate of drug-likeness (QED) is 0.765. The third kappa shape index (κ3) is 5.81. The number of aliphatic hydroxyl groups excluding tert-OH is 1. The van der Waals surface area contributed by atoms with Crippen LogP contribution in [-0.4, -0.2) is 38.3 Å². The van der Waals surface area contributed by atoms with Crippen LogP contribution in [-0.2, 0) is 9.16 Å². The van der Waals surface area contributed by atoms with Crippen LogP contribution >= 0.6 is 0 Å². The van der Waals surface area contributed by atoms with Gasteiger partial charge in [0.15, 0.2) is 8.32 Å². The van der Waals surface area contributed by atoms with Crippen molar-refractivity contribution >= 4 is 14.4 Å². The predicted molar refractivity (Wildman–Crippen MR) is 83.1 cm³/mol. The minimum absolute atomic E-state index is 0.0424. The van der Waals surface area contributed by atoms with Crippen molar-refractivity contribution in [2.24, 2.45) is 11.1 Å². The zero-order chi connectivity index (χ0) is 16.4. The van der Waals surface area contributed by atoms with Crippen molar-refractivity contribution in [3.63, 3.8) is 0 Å². The van der Waals surface area contributed by atoms with E-state index in [4.69, 9.17) is 14.9 Å². The molecule has 3 N–H and O–H groups in total. The van der Waals surface area contributed by atoms with E-state index in [9.17, 15) is 9.90 Å². The monoisotopic (exact) mass is 305 g/mol. The SMILES string of the molecule is CC(C)(C)C(O[Si](C)(C)C(C)(C)C)[C@H](O)COC(N)=O. The van der Waals surface area contributed by atoms with Gasteiger partial charge in [-0.05, 0) is 23.5 Å². The maximum Gasteiger partial charge on any atom is 0.404 e. The third-order valence-electron chi connectivity index (χ3n) is 3.83. The van der Waals surface area contributed by atoms with Crippen LogP contribution in [0.25, 0.3) is 0 Å². The van der Waals surface area contributed by atoms with Crippen molar-refractivity contribution in [3.05, 3.63) is 0 Å². The molecular weight excluding hydrogens is 274 g/mol. The van der Waals surface area contributed by atoms with E-state index >= 15 is 0 Å². The van der Waals surface area contributed by atoms with Crippen LogP contribution in [0.3, 0.4) is 0 Å². The van der Waals surface area contributed by atoms with Crippen molar-refractivity contribution in [3.8, 4) is 0 Å². The van der Waals surface area contributed by atoms with E-state index in [1.54, 1.807) is 0 Å². The van der Waals surface area contributed by atoms with Gasteiger partial charge in [-0.2, -0.15) is 0 Å². The molecule has 0 aromatic heterocycles. The number of amides is 1. The van der Waals surface area contributed by atoms with E-state index in [0.29, 0.717) is 0 Å². The topological polar surface area (TPSA) is 81.8 Å². The van der Waals surface area contributed by atoms with Crippen molar-refractivity contribution < 1.29 is 19.1 Å². The van der Waals surface area contributed by atoms with Gasteiger partial charge in [0, 0.05) is 0 Å². The second-order valence-corrected chi connectivity index (χ2v) is 12.6. The highest BCUT2D eigenvalue weighted by atomic mass is 28.4. The van der Waals surface area contributed by atoms with Crippen molar-refractivity contribution in [2.75, 3.05) is 6.61 Å². The third-order valence-corrected chi connectivity index (χ3v) is 8.28. The fourth-order valence-electron chi connectivity index (χ4n) is 1.58. The standard InChI is InChI=1S/C14H31NO4Si/c1-13(2,3)11(10(16)9-18-12(15)17)19-20(7,8)14(4,5)6/h10-11,16H,9H2,1-8H3,(H2,15,17)/t10-,11?/m1/s1. The average molecular weight is 305 g/mol. The Morgan fingerprint density at radius 3 is 1.95 bits per heavy atom. The Morgan fingerprint density at radius 2 is 1.65 bits per heavy atom. The Labute approximate surface area is 124 Å². The maximum atomic E-state index is 10.7. The smallest absolute Gasteiger partial charge is 0.404 e. The molecule has 0 bridgehead atoms. The van der Waals surface area contributed by atoms with Gasteiger partial charge >= 0.3 is 6.09 Å². The summed E-state index contributed by atoms with van der Waals surface area (Å²) in [6.07, 6.45) is -2.19. The number of aliphatic hydroxyl groups is 1.